The molecule has 1 nitrogen and oxygen atoms in total. The average Bonchev–Trinajstić information content (AvgIpc) is 2.73. The van der Waals surface area contributed by atoms with Crippen LogP contribution in [0.5, 0.6) is 0 Å². The van der Waals surface area contributed by atoms with Crippen LogP contribution in [0.3, 0.4) is 0 Å². The molecule has 0 heterocycles. The molecule has 130 valence electrons. The highest BCUT2D eigenvalue weighted by atomic mass is 19.1. The van der Waals surface area contributed by atoms with Crippen LogP contribution >= 0.6 is 0 Å². The van der Waals surface area contributed by atoms with Gasteiger partial charge in [0.25, 0.3) is 0 Å². The first-order chi connectivity index (χ1) is 11.8. The number of halogens is 1. The van der Waals surface area contributed by atoms with Gasteiger partial charge in [0.05, 0.1) is 0 Å². The molecule has 25 heavy (non-hydrogen) atoms. The molecule has 2 rings (SSSR count). The average molecular weight is 336 g/mol. The number of aldehydes is 1. The lowest BCUT2D eigenvalue weighted by molar-refractivity contribution is -0.104. The van der Waals surface area contributed by atoms with Gasteiger partial charge in [-0.2, -0.15) is 0 Å². The van der Waals surface area contributed by atoms with Gasteiger partial charge in [0.15, 0.2) is 0 Å². The van der Waals surface area contributed by atoms with Crippen LogP contribution in [0.15, 0.2) is 53.9 Å². The maximum absolute atomic E-state index is 14.3. The van der Waals surface area contributed by atoms with Gasteiger partial charge in [0.1, 0.15) is 12.1 Å². The molecule has 0 aromatic rings. The molecule has 0 radical (unpaired) electrons. The van der Waals surface area contributed by atoms with Crippen LogP contribution in [0.1, 0.15) is 48.9 Å². The molecule has 0 saturated carbocycles. The fourth-order valence-electron chi connectivity index (χ4n) is 2.92. The SMILES string of the molecule is CC(/C=C/C(F)=C/c1cc(C)c2cc(C(C)C)ccc(C)c1-2)=C\C=O. The van der Waals surface area contributed by atoms with Gasteiger partial charge in [-0.3, -0.25) is 4.79 Å². The molecule has 0 N–H and O–H groups in total. The Bertz CT molecular complexity index is 838. The lowest BCUT2D eigenvalue weighted by atomic mass is 10.0. The van der Waals surface area contributed by atoms with E-state index in [1.54, 1.807) is 19.1 Å². The minimum atomic E-state index is -0.333. The summed E-state index contributed by atoms with van der Waals surface area (Å²) in [5.74, 6) is 0.107. The molecule has 2 heteroatoms. The molecule has 0 saturated heterocycles. The topological polar surface area (TPSA) is 17.1 Å². The highest BCUT2D eigenvalue weighted by Gasteiger charge is 2.15. The van der Waals surface area contributed by atoms with E-state index in [9.17, 15) is 9.18 Å². The first-order valence-corrected chi connectivity index (χ1v) is 8.54. The van der Waals surface area contributed by atoms with E-state index in [-0.39, 0.29) is 5.83 Å². The van der Waals surface area contributed by atoms with Crippen LogP contribution in [-0.2, 0) is 4.79 Å². The summed E-state index contributed by atoms with van der Waals surface area (Å²) in [5.41, 5.74) is 7.42. The first-order valence-electron chi connectivity index (χ1n) is 8.54. The Morgan fingerprint density at radius 2 is 1.80 bits per heavy atom. The Kier molecular flexibility index (Phi) is 6.08. The van der Waals surface area contributed by atoms with E-state index >= 15 is 0 Å². The van der Waals surface area contributed by atoms with Crippen molar-refractivity contribution in [2.75, 3.05) is 0 Å². The molecular weight excluding hydrogens is 311 g/mol. The first kappa shape index (κ1) is 18.9. The van der Waals surface area contributed by atoms with Gasteiger partial charge in [0, 0.05) is 0 Å². The minimum absolute atomic E-state index is 0.333. The van der Waals surface area contributed by atoms with Crippen LogP contribution in [-0.4, -0.2) is 6.29 Å². The van der Waals surface area contributed by atoms with Crippen LogP contribution < -0.4 is 0 Å². The third kappa shape index (κ3) is 4.54. The van der Waals surface area contributed by atoms with Crippen molar-refractivity contribution in [1.29, 1.82) is 0 Å². The zero-order valence-corrected chi connectivity index (χ0v) is 15.6. The van der Waals surface area contributed by atoms with Crippen molar-refractivity contribution in [2.24, 2.45) is 0 Å². The number of aryl methyl sites for hydroxylation is 2. The van der Waals surface area contributed by atoms with Crippen molar-refractivity contribution in [3.8, 4) is 11.1 Å². The summed E-state index contributed by atoms with van der Waals surface area (Å²) in [4.78, 5) is 10.4. The Labute approximate surface area is 149 Å². The number of rotatable bonds is 5. The van der Waals surface area contributed by atoms with E-state index in [1.165, 1.54) is 23.3 Å². The summed E-state index contributed by atoms with van der Waals surface area (Å²) in [6.07, 6.45) is 6.65. The second-order valence-corrected chi connectivity index (χ2v) is 6.80. The Morgan fingerprint density at radius 3 is 2.44 bits per heavy atom. The van der Waals surface area contributed by atoms with Crippen molar-refractivity contribution in [2.45, 2.75) is 40.5 Å². The summed E-state index contributed by atoms with van der Waals surface area (Å²) >= 11 is 0. The Hall–Kier alpha value is -2.48. The lowest BCUT2D eigenvalue weighted by Gasteiger charge is -2.04. The zero-order valence-electron chi connectivity index (χ0n) is 15.6. The van der Waals surface area contributed by atoms with E-state index in [1.807, 2.05) is 6.07 Å². The van der Waals surface area contributed by atoms with Crippen molar-refractivity contribution in [1.82, 2.24) is 0 Å². The van der Waals surface area contributed by atoms with Gasteiger partial charge < -0.3 is 0 Å². The third-order valence-corrected chi connectivity index (χ3v) is 4.38. The number of fused-ring (bicyclic) bond motifs is 1. The Morgan fingerprint density at radius 1 is 1.08 bits per heavy atom. The summed E-state index contributed by atoms with van der Waals surface area (Å²) in [6.45, 7) is 10.2. The third-order valence-electron chi connectivity index (χ3n) is 4.38. The van der Waals surface area contributed by atoms with E-state index in [0.29, 0.717) is 17.8 Å². The predicted molar refractivity (Wildman–Crippen MR) is 105 cm³/mol. The van der Waals surface area contributed by atoms with Crippen molar-refractivity contribution in [3.63, 3.8) is 0 Å². The van der Waals surface area contributed by atoms with E-state index in [4.69, 9.17) is 0 Å². The van der Waals surface area contributed by atoms with Gasteiger partial charge in [0.2, 0.25) is 0 Å². The molecular formula is C23H25FO. The van der Waals surface area contributed by atoms with Gasteiger partial charge in [-0.1, -0.05) is 44.2 Å². The van der Waals surface area contributed by atoms with Crippen molar-refractivity contribution in [3.05, 3.63) is 76.1 Å². The molecule has 0 atom stereocenters. The largest absolute Gasteiger partial charge is 0.299 e. The smallest absolute Gasteiger partial charge is 0.143 e. The molecule has 0 amide bonds. The number of hydrogen-bond donors (Lipinski definition) is 0. The standard InChI is InChI=1S/C23H25FO/c1-15(2)19-8-7-17(4)23-20(12-18(5)22(23)14-19)13-21(24)9-6-16(3)10-11-25/h6-15H,1-5H3/b9-6+,16-10+,21-13-. The van der Waals surface area contributed by atoms with Crippen LogP contribution in [0, 0.1) is 13.8 Å². The minimum Gasteiger partial charge on any atom is -0.299 e. The molecule has 0 spiro atoms. The van der Waals surface area contributed by atoms with Gasteiger partial charge in [-0.15, -0.1) is 0 Å². The molecule has 2 aliphatic rings. The van der Waals surface area contributed by atoms with Crippen LogP contribution in [0.2, 0.25) is 0 Å². The normalized spacial score (nSPS) is 13.2. The zero-order chi connectivity index (χ0) is 18.6. The van der Waals surface area contributed by atoms with Crippen LogP contribution in [0.4, 0.5) is 4.39 Å². The number of hydrogen-bond acceptors (Lipinski definition) is 1. The fraction of sp³-hybridized carbons (Fsp3) is 0.261. The highest BCUT2D eigenvalue weighted by Crippen LogP contribution is 2.37. The summed E-state index contributed by atoms with van der Waals surface area (Å²) in [7, 11) is 0. The van der Waals surface area contributed by atoms with E-state index in [2.05, 4.69) is 45.9 Å². The summed E-state index contributed by atoms with van der Waals surface area (Å²) < 4.78 is 14.3. The van der Waals surface area contributed by atoms with Crippen molar-refractivity contribution >= 4 is 12.4 Å². The van der Waals surface area contributed by atoms with Crippen LogP contribution in [0.25, 0.3) is 17.2 Å². The number of allylic oxidation sites excluding steroid dienone is 5. The fourth-order valence-corrected chi connectivity index (χ4v) is 2.92. The summed E-state index contributed by atoms with van der Waals surface area (Å²) in [6, 6.07) is 8.50. The van der Waals surface area contributed by atoms with Gasteiger partial charge >= 0.3 is 0 Å². The Balaban J connectivity index is 2.50. The van der Waals surface area contributed by atoms with E-state index < -0.39 is 0 Å². The second-order valence-electron chi connectivity index (χ2n) is 6.80. The molecule has 2 aliphatic carbocycles. The molecule has 0 fully saturated rings. The van der Waals surface area contributed by atoms with Gasteiger partial charge in [-0.25, -0.2) is 4.39 Å². The van der Waals surface area contributed by atoms with Crippen molar-refractivity contribution < 1.29 is 9.18 Å². The van der Waals surface area contributed by atoms with Gasteiger partial charge in [-0.05, 0) is 83.9 Å². The second kappa shape index (κ2) is 8.06. The maximum atomic E-state index is 14.3. The highest BCUT2D eigenvalue weighted by molar-refractivity contribution is 5.84. The lowest BCUT2D eigenvalue weighted by Crippen LogP contribution is -1.84. The molecule has 0 aromatic heterocycles. The summed E-state index contributed by atoms with van der Waals surface area (Å²) in [5, 5.41) is 0. The number of carbonyl (C=O) groups is 1. The molecule has 0 aromatic carbocycles. The molecule has 0 unspecified atom stereocenters. The quantitative estimate of drug-likeness (QED) is 0.344. The van der Waals surface area contributed by atoms with E-state index in [0.717, 1.165) is 22.3 Å². The maximum Gasteiger partial charge on any atom is 0.143 e. The number of carbonyl (C=O) groups excluding carboxylic acids is 1. The monoisotopic (exact) mass is 336 g/mol. The predicted octanol–water partition coefficient (Wildman–Crippen LogP) is 6.54. The molecule has 0 aliphatic heterocycles. The molecule has 0 bridgehead atoms.